The SMILES string of the molecule is CC(CSc1ccc(F)cc1)C(=O)NC1CCC(O)CC1. The van der Waals surface area contributed by atoms with Crippen molar-refractivity contribution in [3.8, 4) is 0 Å². The molecule has 116 valence electrons. The van der Waals surface area contributed by atoms with Gasteiger partial charge in [-0.3, -0.25) is 4.79 Å². The van der Waals surface area contributed by atoms with Crippen LogP contribution in [0.1, 0.15) is 32.6 Å². The lowest BCUT2D eigenvalue weighted by molar-refractivity contribution is -0.124. The molecular weight excluding hydrogens is 289 g/mol. The van der Waals surface area contributed by atoms with Gasteiger partial charge < -0.3 is 10.4 Å². The van der Waals surface area contributed by atoms with Crippen molar-refractivity contribution >= 4 is 17.7 Å². The van der Waals surface area contributed by atoms with E-state index in [9.17, 15) is 14.3 Å². The summed E-state index contributed by atoms with van der Waals surface area (Å²) in [5.74, 6) is 0.398. The minimum Gasteiger partial charge on any atom is -0.393 e. The molecule has 0 spiro atoms. The second-order valence-corrected chi connectivity index (χ2v) is 6.77. The van der Waals surface area contributed by atoms with E-state index < -0.39 is 0 Å². The molecule has 1 amide bonds. The van der Waals surface area contributed by atoms with Gasteiger partial charge in [-0.1, -0.05) is 6.92 Å². The average molecular weight is 311 g/mol. The summed E-state index contributed by atoms with van der Waals surface area (Å²) in [5, 5.41) is 12.5. The predicted octanol–water partition coefficient (Wildman–Crippen LogP) is 2.97. The maximum atomic E-state index is 12.8. The normalized spacial score (nSPS) is 23.6. The standard InChI is InChI=1S/C16H22FNO2S/c1-11(10-21-15-8-2-12(17)3-9-15)16(20)18-13-4-6-14(19)7-5-13/h2-3,8-9,11,13-14,19H,4-7,10H2,1H3,(H,18,20). The van der Waals surface area contributed by atoms with Crippen LogP contribution < -0.4 is 5.32 Å². The van der Waals surface area contributed by atoms with Gasteiger partial charge in [-0.25, -0.2) is 4.39 Å². The van der Waals surface area contributed by atoms with Gasteiger partial charge in [0.2, 0.25) is 5.91 Å². The van der Waals surface area contributed by atoms with Gasteiger partial charge in [0, 0.05) is 22.6 Å². The smallest absolute Gasteiger partial charge is 0.223 e. The highest BCUT2D eigenvalue weighted by Crippen LogP contribution is 2.22. The number of hydrogen-bond donors (Lipinski definition) is 2. The molecule has 2 rings (SSSR count). The second kappa shape index (κ2) is 7.80. The van der Waals surface area contributed by atoms with Crippen molar-refractivity contribution in [2.75, 3.05) is 5.75 Å². The molecule has 1 aliphatic rings. The number of hydrogen-bond acceptors (Lipinski definition) is 3. The van der Waals surface area contributed by atoms with Crippen LogP contribution in [0.15, 0.2) is 29.2 Å². The molecule has 3 nitrogen and oxygen atoms in total. The summed E-state index contributed by atoms with van der Waals surface area (Å²) >= 11 is 1.56. The van der Waals surface area contributed by atoms with Gasteiger partial charge in [0.1, 0.15) is 5.82 Å². The van der Waals surface area contributed by atoms with Gasteiger partial charge in [-0.05, 0) is 49.9 Å². The Bertz CT molecular complexity index is 458. The lowest BCUT2D eigenvalue weighted by Gasteiger charge is -2.27. The largest absolute Gasteiger partial charge is 0.393 e. The number of nitrogens with one attached hydrogen (secondary N) is 1. The van der Waals surface area contributed by atoms with Crippen molar-refractivity contribution in [3.05, 3.63) is 30.1 Å². The van der Waals surface area contributed by atoms with Gasteiger partial charge in [0.25, 0.3) is 0 Å². The van der Waals surface area contributed by atoms with E-state index >= 15 is 0 Å². The molecule has 1 aromatic rings. The van der Waals surface area contributed by atoms with Crippen molar-refractivity contribution in [1.82, 2.24) is 5.32 Å². The van der Waals surface area contributed by atoms with Crippen molar-refractivity contribution in [3.63, 3.8) is 0 Å². The minimum absolute atomic E-state index is 0.0611. The molecule has 1 saturated carbocycles. The maximum absolute atomic E-state index is 12.8. The number of aliphatic hydroxyl groups is 1. The average Bonchev–Trinajstić information content (AvgIpc) is 2.48. The quantitative estimate of drug-likeness (QED) is 0.822. The molecular formula is C16H22FNO2S. The molecule has 1 aliphatic carbocycles. The highest BCUT2D eigenvalue weighted by Gasteiger charge is 2.22. The van der Waals surface area contributed by atoms with Crippen LogP contribution in [0, 0.1) is 11.7 Å². The summed E-state index contributed by atoms with van der Waals surface area (Å²) < 4.78 is 12.8. The number of aliphatic hydroxyl groups excluding tert-OH is 1. The fourth-order valence-electron chi connectivity index (χ4n) is 2.39. The van der Waals surface area contributed by atoms with Gasteiger partial charge in [-0.15, -0.1) is 11.8 Å². The second-order valence-electron chi connectivity index (χ2n) is 5.68. The molecule has 1 atom stereocenters. The Balaban J connectivity index is 1.73. The molecule has 21 heavy (non-hydrogen) atoms. The van der Waals surface area contributed by atoms with Gasteiger partial charge in [0.05, 0.1) is 6.10 Å². The van der Waals surface area contributed by atoms with Gasteiger partial charge >= 0.3 is 0 Å². The number of thioether (sulfide) groups is 1. The van der Waals surface area contributed by atoms with Crippen LogP contribution in [0.25, 0.3) is 0 Å². The Kier molecular flexibility index (Phi) is 6.06. The van der Waals surface area contributed by atoms with Gasteiger partial charge in [0.15, 0.2) is 0 Å². The third-order valence-electron chi connectivity index (χ3n) is 3.80. The van der Waals surface area contributed by atoms with Gasteiger partial charge in [-0.2, -0.15) is 0 Å². The molecule has 5 heteroatoms. The molecule has 0 aliphatic heterocycles. The summed E-state index contributed by atoms with van der Waals surface area (Å²) in [6, 6.07) is 6.51. The topological polar surface area (TPSA) is 49.3 Å². The van der Waals surface area contributed by atoms with E-state index in [0.29, 0.717) is 5.75 Å². The zero-order chi connectivity index (χ0) is 15.2. The summed E-state index contributed by atoms with van der Waals surface area (Å²) in [6.45, 7) is 1.91. The molecule has 0 saturated heterocycles. The zero-order valence-corrected chi connectivity index (χ0v) is 13.0. The van der Waals surface area contributed by atoms with Crippen molar-refractivity contribution in [1.29, 1.82) is 0 Å². The number of carbonyl (C=O) groups excluding carboxylic acids is 1. The van der Waals surface area contributed by atoms with E-state index in [1.165, 1.54) is 12.1 Å². The monoisotopic (exact) mass is 311 g/mol. The zero-order valence-electron chi connectivity index (χ0n) is 12.2. The van der Waals surface area contributed by atoms with E-state index in [1.807, 2.05) is 6.92 Å². The molecule has 0 aromatic heterocycles. The van der Waals surface area contributed by atoms with Crippen LogP contribution in [0.2, 0.25) is 0 Å². The predicted molar refractivity (Wildman–Crippen MR) is 82.7 cm³/mol. The molecule has 0 radical (unpaired) electrons. The van der Waals surface area contributed by atoms with E-state index in [0.717, 1.165) is 30.6 Å². The number of halogens is 1. The first-order valence-corrected chi connectivity index (χ1v) is 8.40. The highest BCUT2D eigenvalue weighted by molar-refractivity contribution is 7.99. The first-order valence-electron chi connectivity index (χ1n) is 7.41. The Morgan fingerprint density at radius 1 is 1.33 bits per heavy atom. The van der Waals surface area contributed by atoms with E-state index in [1.54, 1.807) is 23.9 Å². The Morgan fingerprint density at radius 2 is 1.95 bits per heavy atom. The Labute approximate surface area is 129 Å². The number of benzene rings is 1. The number of carbonyl (C=O) groups is 1. The van der Waals surface area contributed by atoms with Crippen LogP contribution in [-0.4, -0.2) is 28.9 Å². The third-order valence-corrected chi connectivity index (χ3v) is 5.08. The van der Waals surface area contributed by atoms with Crippen LogP contribution >= 0.6 is 11.8 Å². The molecule has 1 aromatic carbocycles. The van der Waals surface area contributed by atoms with E-state index in [2.05, 4.69) is 5.32 Å². The highest BCUT2D eigenvalue weighted by atomic mass is 32.2. The van der Waals surface area contributed by atoms with Crippen molar-refractivity contribution < 1.29 is 14.3 Å². The first kappa shape index (κ1) is 16.3. The lowest BCUT2D eigenvalue weighted by atomic mass is 9.93. The fourth-order valence-corrected chi connectivity index (χ4v) is 3.31. The minimum atomic E-state index is -0.246. The van der Waals surface area contributed by atoms with E-state index in [4.69, 9.17) is 0 Å². The molecule has 0 bridgehead atoms. The lowest BCUT2D eigenvalue weighted by Crippen LogP contribution is -2.41. The van der Waals surface area contributed by atoms with Crippen LogP contribution in [0.3, 0.4) is 0 Å². The molecule has 1 unspecified atom stereocenters. The molecule has 1 fully saturated rings. The van der Waals surface area contributed by atoms with Crippen LogP contribution in [0.5, 0.6) is 0 Å². The van der Waals surface area contributed by atoms with E-state index in [-0.39, 0.29) is 29.8 Å². The maximum Gasteiger partial charge on any atom is 0.223 e. The Hall–Kier alpha value is -1.07. The van der Waals surface area contributed by atoms with Crippen molar-refractivity contribution in [2.45, 2.75) is 49.6 Å². The Morgan fingerprint density at radius 3 is 2.57 bits per heavy atom. The summed E-state index contributed by atoms with van der Waals surface area (Å²) in [4.78, 5) is 13.1. The number of amides is 1. The summed E-state index contributed by atoms with van der Waals surface area (Å²) in [6.07, 6.45) is 3.03. The fraction of sp³-hybridized carbons (Fsp3) is 0.562. The molecule has 0 heterocycles. The summed E-state index contributed by atoms with van der Waals surface area (Å²) in [7, 11) is 0. The van der Waals surface area contributed by atoms with Crippen molar-refractivity contribution in [2.24, 2.45) is 5.92 Å². The first-order chi connectivity index (χ1) is 10.0. The third kappa shape index (κ3) is 5.32. The number of rotatable bonds is 5. The summed E-state index contributed by atoms with van der Waals surface area (Å²) in [5.41, 5.74) is 0. The van der Waals surface area contributed by atoms with Crippen LogP contribution in [0.4, 0.5) is 4.39 Å². The van der Waals surface area contributed by atoms with Crippen LogP contribution in [-0.2, 0) is 4.79 Å². The molecule has 2 N–H and O–H groups in total.